The van der Waals surface area contributed by atoms with Crippen LogP contribution >= 0.6 is 0 Å². The first-order valence-electron chi connectivity index (χ1n) is 5.68. The van der Waals surface area contributed by atoms with Gasteiger partial charge in [0.05, 0.1) is 0 Å². The van der Waals surface area contributed by atoms with Crippen LogP contribution in [0.1, 0.15) is 27.7 Å². The van der Waals surface area contributed by atoms with Gasteiger partial charge in [0.2, 0.25) is 0 Å². The van der Waals surface area contributed by atoms with Crippen LogP contribution in [0.4, 0.5) is 4.79 Å². The van der Waals surface area contributed by atoms with Crippen molar-refractivity contribution in [3.8, 4) is 0 Å². The summed E-state index contributed by atoms with van der Waals surface area (Å²) in [6, 6.07) is 0.417. The van der Waals surface area contributed by atoms with Crippen molar-refractivity contribution in [2.24, 2.45) is 0 Å². The molecule has 0 bridgehead atoms. The normalized spacial score (nSPS) is 26.4. The lowest BCUT2D eigenvalue weighted by Gasteiger charge is -2.37. The highest BCUT2D eigenvalue weighted by Crippen LogP contribution is 2.13. The lowest BCUT2D eigenvalue weighted by atomic mass is 10.1. The van der Waals surface area contributed by atoms with E-state index in [1.165, 1.54) is 0 Å². The average Bonchev–Trinajstić information content (AvgIpc) is 2.14. The van der Waals surface area contributed by atoms with Gasteiger partial charge in [-0.3, -0.25) is 0 Å². The lowest BCUT2D eigenvalue weighted by molar-refractivity contribution is 0.0178. The van der Waals surface area contributed by atoms with Crippen molar-refractivity contribution in [3.63, 3.8) is 0 Å². The number of nitrogens with one attached hydrogen (secondary N) is 1. The predicted octanol–water partition coefficient (Wildman–Crippen LogP) is 1.77. The van der Waals surface area contributed by atoms with Crippen molar-refractivity contribution in [1.82, 2.24) is 10.2 Å². The van der Waals surface area contributed by atoms with E-state index in [1.807, 2.05) is 33.8 Å². The highest BCUT2D eigenvalue weighted by Gasteiger charge is 2.28. The Morgan fingerprint density at radius 3 is 2.62 bits per heavy atom. The zero-order chi connectivity index (χ0) is 12.3. The van der Waals surface area contributed by atoms with Gasteiger partial charge in [-0.25, -0.2) is 4.79 Å². The molecule has 0 aliphatic carbocycles. The van der Waals surface area contributed by atoms with E-state index in [4.69, 9.17) is 4.74 Å². The number of hydrogen-bond donors (Lipinski definition) is 1. The molecule has 0 aromatic carbocycles. The summed E-state index contributed by atoms with van der Waals surface area (Å²) in [6.45, 7) is 12.7. The summed E-state index contributed by atoms with van der Waals surface area (Å²) < 4.78 is 5.34. The Hall–Kier alpha value is -1.03. The fraction of sp³-hybridized carbons (Fsp3) is 0.750. The number of nitrogens with zero attached hydrogens (tertiary/aromatic N) is 1. The average molecular weight is 226 g/mol. The third kappa shape index (κ3) is 3.85. The minimum Gasteiger partial charge on any atom is -0.444 e. The van der Waals surface area contributed by atoms with Crippen LogP contribution < -0.4 is 5.32 Å². The van der Waals surface area contributed by atoms with Crippen LogP contribution in [-0.4, -0.2) is 41.8 Å². The third-order valence-electron chi connectivity index (χ3n) is 2.35. The lowest BCUT2D eigenvalue weighted by Crippen LogP contribution is -2.56. The summed E-state index contributed by atoms with van der Waals surface area (Å²) in [5.74, 6) is 0. The van der Waals surface area contributed by atoms with E-state index in [0.29, 0.717) is 13.1 Å². The molecule has 1 fully saturated rings. The molecule has 0 aromatic heterocycles. The molecule has 0 aromatic rings. The molecule has 1 aliphatic heterocycles. The first kappa shape index (κ1) is 13.0. The predicted molar refractivity (Wildman–Crippen MR) is 64.4 cm³/mol. The van der Waals surface area contributed by atoms with Gasteiger partial charge < -0.3 is 15.0 Å². The fourth-order valence-electron chi connectivity index (χ4n) is 1.73. The minimum atomic E-state index is -0.436. The van der Waals surface area contributed by atoms with Crippen LogP contribution in [-0.2, 0) is 4.74 Å². The van der Waals surface area contributed by atoms with Crippen molar-refractivity contribution in [1.29, 1.82) is 0 Å². The molecule has 1 heterocycles. The van der Waals surface area contributed by atoms with Crippen LogP contribution in [0.25, 0.3) is 0 Å². The second-order valence-electron chi connectivity index (χ2n) is 5.30. The number of amides is 1. The highest BCUT2D eigenvalue weighted by molar-refractivity contribution is 5.68. The minimum absolute atomic E-state index is 0.149. The van der Waals surface area contributed by atoms with Gasteiger partial charge in [-0.2, -0.15) is 0 Å². The molecule has 4 nitrogen and oxygen atoms in total. The topological polar surface area (TPSA) is 41.6 Å². The van der Waals surface area contributed by atoms with Gasteiger partial charge in [-0.15, -0.1) is 6.58 Å². The smallest absolute Gasteiger partial charge is 0.410 e. The zero-order valence-electron chi connectivity index (χ0n) is 10.6. The Morgan fingerprint density at radius 2 is 2.12 bits per heavy atom. The van der Waals surface area contributed by atoms with Crippen LogP contribution in [0.15, 0.2) is 12.7 Å². The quantitative estimate of drug-likeness (QED) is 0.693. The summed E-state index contributed by atoms with van der Waals surface area (Å²) in [6.07, 6.45) is 1.58. The van der Waals surface area contributed by atoms with E-state index in [9.17, 15) is 4.79 Å². The number of carbonyl (C=O) groups excluding carboxylic acids is 1. The molecule has 92 valence electrons. The Balaban J connectivity index is 2.58. The molecule has 4 heteroatoms. The maximum absolute atomic E-state index is 11.9. The summed E-state index contributed by atoms with van der Waals surface area (Å²) in [4.78, 5) is 13.6. The number of ether oxygens (including phenoxy) is 1. The standard InChI is InChI=1S/C12H22N2O2/c1-6-10-8-14(7-9(2)13-10)11(15)16-12(3,4)5/h6,9-10,13H,1,7-8H2,2-5H3/t9-,10-/m0/s1. The van der Waals surface area contributed by atoms with E-state index in [-0.39, 0.29) is 18.2 Å². The zero-order valence-corrected chi connectivity index (χ0v) is 10.6. The maximum Gasteiger partial charge on any atom is 0.410 e. The molecular weight excluding hydrogens is 204 g/mol. The van der Waals surface area contributed by atoms with E-state index in [2.05, 4.69) is 11.9 Å². The van der Waals surface area contributed by atoms with Gasteiger partial charge in [0, 0.05) is 25.2 Å². The number of rotatable bonds is 1. The number of piperazine rings is 1. The number of carbonyl (C=O) groups is 1. The van der Waals surface area contributed by atoms with Gasteiger partial charge >= 0.3 is 6.09 Å². The Kier molecular flexibility index (Phi) is 3.97. The Bertz CT molecular complexity index is 271. The van der Waals surface area contributed by atoms with Crippen molar-refractivity contribution >= 4 is 6.09 Å². The van der Waals surface area contributed by atoms with Gasteiger partial charge in [0.1, 0.15) is 5.60 Å². The van der Waals surface area contributed by atoms with Crippen molar-refractivity contribution in [2.75, 3.05) is 13.1 Å². The van der Waals surface area contributed by atoms with Gasteiger partial charge in [-0.1, -0.05) is 6.08 Å². The fourth-order valence-corrected chi connectivity index (χ4v) is 1.73. The highest BCUT2D eigenvalue weighted by atomic mass is 16.6. The maximum atomic E-state index is 11.9. The molecule has 1 aliphatic rings. The van der Waals surface area contributed by atoms with E-state index >= 15 is 0 Å². The summed E-state index contributed by atoms with van der Waals surface area (Å²) in [5.41, 5.74) is -0.436. The van der Waals surface area contributed by atoms with Gasteiger partial charge in [0.15, 0.2) is 0 Å². The summed E-state index contributed by atoms with van der Waals surface area (Å²) in [7, 11) is 0. The van der Waals surface area contributed by atoms with Crippen molar-refractivity contribution in [3.05, 3.63) is 12.7 Å². The molecule has 0 spiro atoms. The first-order valence-corrected chi connectivity index (χ1v) is 5.68. The number of hydrogen-bond acceptors (Lipinski definition) is 3. The first-order chi connectivity index (χ1) is 7.31. The van der Waals surface area contributed by atoms with Crippen molar-refractivity contribution in [2.45, 2.75) is 45.4 Å². The van der Waals surface area contributed by atoms with Gasteiger partial charge in [-0.05, 0) is 27.7 Å². The SMILES string of the molecule is C=C[C@H]1CN(C(=O)OC(C)(C)C)C[C@H](C)N1. The van der Waals surface area contributed by atoms with Crippen LogP contribution in [0.5, 0.6) is 0 Å². The molecular formula is C12H22N2O2. The molecule has 16 heavy (non-hydrogen) atoms. The summed E-state index contributed by atoms with van der Waals surface area (Å²) in [5, 5.41) is 3.35. The second kappa shape index (κ2) is 4.87. The van der Waals surface area contributed by atoms with E-state index in [1.54, 1.807) is 4.90 Å². The van der Waals surface area contributed by atoms with Crippen LogP contribution in [0.2, 0.25) is 0 Å². The molecule has 0 radical (unpaired) electrons. The van der Waals surface area contributed by atoms with Gasteiger partial charge in [0.25, 0.3) is 0 Å². The molecule has 1 amide bonds. The summed E-state index contributed by atoms with van der Waals surface area (Å²) >= 11 is 0. The monoisotopic (exact) mass is 226 g/mol. The Labute approximate surface area is 97.6 Å². The van der Waals surface area contributed by atoms with Crippen molar-refractivity contribution < 1.29 is 9.53 Å². The molecule has 1 N–H and O–H groups in total. The third-order valence-corrected chi connectivity index (χ3v) is 2.35. The molecule has 1 saturated heterocycles. The largest absolute Gasteiger partial charge is 0.444 e. The molecule has 0 unspecified atom stereocenters. The molecule has 1 rings (SSSR count). The van der Waals surface area contributed by atoms with E-state index < -0.39 is 5.60 Å². The Morgan fingerprint density at radius 1 is 1.50 bits per heavy atom. The molecule has 0 saturated carbocycles. The molecule has 2 atom stereocenters. The second-order valence-corrected chi connectivity index (χ2v) is 5.30. The van der Waals surface area contributed by atoms with Crippen LogP contribution in [0.3, 0.4) is 0 Å². The van der Waals surface area contributed by atoms with E-state index in [0.717, 1.165) is 0 Å². The van der Waals surface area contributed by atoms with Crippen LogP contribution in [0, 0.1) is 0 Å².